The van der Waals surface area contributed by atoms with E-state index in [1.54, 1.807) is 30.1 Å². The third-order valence-corrected chi connectivity index (χ3v) is 4.43. The molecule has 0 aromatic carbocycles. The van der Waals surface area contributed by atoms with Crippen LogP contribution >= 0.6 is 0 Å². The summed E-state index contributed by atoms with van der Waals surface area (Å²) in [4.78, 5) is 18.3. The van der Waals surface area contributed by atoms with Gasteiger partial charge in [-0.2, -0.15) is 5.06 Å². The molecule has 0 radical (unpaired) electrons. The van der Waals surface area contributed by atoms with Crippen molar-refractivity contribution in [2.45, 2.75) is 24.0 Å². The van der Waals surface area contributed by atoms with E-state index in [4.69, 9.17) is 20.0 Å². The van der Waals surface area contributed by atoms with Gasteiger partial charge in [0.25, 0.3) is 0 Å². The minimum absolute atomic E-state index is 0.185. The Morgan fingerprint density at radius 3 is 3.04 bits per heavy atom. The molecular weight excluding hydrogens is 304 g/mol. The molecule has 2 saturated heterocycles. The van der Waals surface area contributed by atoms with Crippen LogP contribution in [0.25, 0.3) is 11.2 Å². The van der Waals surface area contributed by atoms with E-state index in [2.05, 4.69) is 15.0 Å². The molecule has 2 fully saturated rings. The van der Waals surface area contributed by atoms with Crippen LogP contribution in [0.2, 0.25) is 0 Å². The largest absolute Gasteiger partial charge is 0.393 e. The molecule has 2 aliphatic rings. The van der Waals surface area contributed by atoms with Crippen molar-refractivity contribution in [3.63, 3.8) is 0 Å². The molecule has 0 spiro atoms. The molecule has 2 bridgehead atoms. The van der Waals surface area contributed by atoms with Crippen molar-refractivity contribution < 1.29 is 19.4 Å². The highest BCUT2D eigenvalue weighted by Gasteiger charge is 2.61. The van der Waals surface area contributed by atoms with Crippen molar-refractivity contribution in [1.82, 2.24) is 24.6 Å². The van der Waals surface area contributed by atoms with E-state index < -0.39 is 24.0 Å². The Bertz CT molecular complexity index is 738. The highest BCUT2D eigenvalue weighted by Crippen LogP contribution is 2.45. The normalized spacial score (nSPS) is 34.3. The van der Waals surface area contributed by atoms with Crippen LogP contribution in [0.1, 0.15) is 6.23 Å². The monoisotopic (exact) mass is 322 g/mol. The van der Waals surface area contributed by atoms with Gasteiger partial charge in [-0.25, -0.2) is 15.0 Å². The van der Waals surface area contributed by atoms with Crippen molar-refractivity contribution in [3.8, 4) is 0 Å². The van der Waals surface area contributed by atoms with Crippen LogP contribution in [0.3, 0.4) is 0 Å². The topological polar surface area (TPSA) is 121 Å². The molecule has 0 aliphatic carbocycles. The van der Waals surface area contributed by atoms with Gasteiger partial charge in [-0.05, 0) is 0 Å². The number of hydrogen-bond donors (Lipinski definition) is 2. The van der Waals surface area contributed by atoms with E-state index >= 15 is 0 Å². The van der Waals surface area contributed by atoms with Crippen LogP contribution in [-0.4, -0.2) is 74.8 Å². The summed E-state index contributed by atoms with van der Waals surface area (Å²) in [7, 11) is 3.37. The Labute approximate surface area is 131 Å². The third-order valence-electron chi connectivity index (χ3n) is 4.43. The van der Waals surface area contributed by atoms with Crippen LogP contribution in [0.4, 0.5) is 5.82 Å². The van der Waals surface area contributed by atoms with Gasteiger partial charge < -0.3 is 20.3 Å². The average molecular weight is 322 g/mol. The minimum atomic E-state index is -0.869. The first-order chi connectivity index (χ1) is 11.1. The van der Waals surface area contributed by atoms with Crippen molar-refractivity contribution in [2.24, 2.45) is 0 Å². The zero-order valence-corrected chi connectivity index (χ0v) is 12.8. The lowest BCUT2D eigenvalue weighted by atomic mass is 9.94. The fourth-order valence-electron chi connectivity index (χ4n) is 3.48. The summed E-state index contributed by atoms with van der Waals surface area (Å²) in [6, 6.07) is 0. The number of fused-ring (bicyclic) bond motifs is 3. The van der Waals surface area contributed by atoms with E-state index in [9.17, 15) is 5.11 Å². The smallest absolute Gasteiger partial charge is 0.168 e. The molecule has 10 nitrogen and oxygen atoms in total. The van der Waals surface area contributed by atoms with Gasteiger partial charge in [0.2, 0.25) is 0 Å². The molecule has 0 amide bonds. The van der Waals surface area contributed by atoms with Crippen molar-refractivity contribution >= 4 is 17.0 Å². The van der Waals surface area contributed by atoms with E-state index in [0.29, 0.717) is 23.5 Å². The van der Waals surface area contributed by atoms with Crippen molar-refractivity contribution in [3.05, 3.63) is 12.7 Å². The van der Waals surface area contributed by atoms with E-state index in [1.807, 2.05) is 0 Å². The number of imidazole rings is 1. The Balaban J connectivity index is 1.81. The highest BCUT2D eigenvalue weighted by atomic mass is 16.7. The number of nitrogens with zero attached hydrogens (tertiary/aromatic N) is 5. The maximum atomic E-state index is 9.90. The van der Waals surface area contributed by atoms with Gasteiger partial charge in [0.1, 0.15) is 23.5 Å². The maximum Gasteiger partial charge on any atom is 0.168 e. The number of anilines is 1. The number of methoxy groups -OCH3 is 1. The second-order valence-electron chi connectivity index (χ2n) is 5.83. The quantitative estimate of drug-likeness (QED) is 0.727. The van der Waals surface area contributed by atoms with Gasteiger partial charge in [-0.3, -0.25) is 9.40 Å². The van der Waals surface area contributed by atoms with E-state index in [0.717, 1.165) is 0 Å². The summed E-state index contributed by atoms with van der Waals surface area (Å²) in [5.41, 5.74) is 6.01. The van der Waals surface area contributed by atoms with Crippen LogP contribution in [0.15, 0.2) is 12.7 Å². The molecule has 2 aromatic rings. The predicted octanol–water partition coefficient (Wildman–Crippen LogP) is -1.07. The lowest BCUT2D eigenvalue weighted by Crippen LogP contribution is -2.59. The number of rotatable bonds is 3. The zero-order valence-electron chi connectivity index (χ0n) is 12.8. The number of aliphatic hydroxyl groups excluding tert-OH is 1. The third kappa shape index (κ3) is 1.96. The first-order valence-corrected chi connectivity index (χ1v) is 7.22. The molecule has 3 N–H and O–H groups in total. The number of ether oxygens (including phenoxy) is 2. The fraction of sp³-hybridized carbons (Fsp3) is 0.615. The lowest BCUT2D eigenvalue weighted by Gasteiger charge is -2.40. The lowest BCUT2D eigenvalue weighted by molar-refractivity contribution is -0.261. The molecule has 10 heteroatoms. The first kappa shape index (κ1) is 14.7. The number of aliphatic hydroxyl groups is 1. The van der Waals surface area contributed by atoms with Gasteiger partial charge in [0, 0.05) is 14.2 Å². The number of nitrogens with two attached hydrogens (primary N) is 1. The molecule has 4 rings (SSSR count). The maximum absolute atomic E-state index is 9.90. The number of aromatic nitrogens is 4. The standard InChI is InChI=1S/C13H18N6O4/c1-18-3-13(4-20)9(21-2)8(23-18)12(22-13)19-6-17-7-10(14)15-5-16-11(7)19/h5-6,8-9,12,20H,3-4H2,1-2H3,(H2,14,15,16)/t8?,9?,12?,13-/m1/s1. The summed E-state index contributed by atoms with van der Waals surface area (Å²) >= 11 is 0. The van der Waals surface area contributed by atoms with Gasteiger partial charge in [-0.1, -0.05) is 0 Å². The number of hydroxylamine groups is 2. The summed E-state index contributed by atoms with van der Waals surface area (Å²) in [5.74, 6) is 0.299. The summed E-state index contributed by atoms with van der Waals surface area (Å²) < 4.78 is 13.5. The highest BCUT2D eigenvalue weighted by molar-refractivity contribution is 5.81. The van der Waals surface area contributed by atoms with Gasteiger partial charge >= 0.3 is 0 Å². The van der Waals surface area contributed by atoms with Gasteiger partial charge in [0.15, 0.2) is 23.8 Å². The Kier molecular flexibility index (Phi) is 3.25. The van der Waals surface area contributed by atoms with Crippen molar-refractivity contribution in [1.29, 1.82) is 0 Å². The van der Waals surface area contributed by atoms with E-state index in [1.165, 1.54) is 6.33 Å². The van der Waals surface area contributed by atoms with Crippen LogP contribution in [-0.2, 0) is 14.3 Å². The van der Waals surface area contributed by atoms with Crippen LogP contribution in [0.5, 0.6) is 0 Å². The molecule has 2 aliphatic heterocycles. The summed E-state index contributed by atoms with van der Waals surface area (Å²) in [5, 5.41) is 11.6. The summed E-state index contributed by atoms with van der Waals surface area (Å²) in [6.07, 6.45) is 1.56. The molecule has 4 heterocycles. The molecule has 2 aromatic heterocycles. The van der Waals surface area contributed by atoms with Gasteiger partial charge in [-0.15, -0.1) is 0 Å². The molecule has 0 saturated carbocycles. The number of nitrogen functional groups attached to an aromatic ring is 1. The second-order valence-corrected chi connectivity index (χ2v) is 5.83. The molecule has 124 valence electrons. The number of likely N-dealkylation sites (N-methyl/N-ethyl adjacent to an activating group) is 1. The molecule has 3 unspecified atom stereocenters. The Hall–Kier alpha value is -1.85. The minimum Gasteiger partial charge on any atom is -0.393 e. The zero-order chi connectivity index (χ0) is 16.2. The van der Waals surface area contributed by atoms with Gasteiger partial charge in [0.05, 0.1) is 19.5 Å². The van der Waals surface area contributed by atoms with Crippen molar-refractivity contribution in [2.75, 3.05) is 33.0 Å². The fourth-order valence-corrected chi connectivity index (χ4v) is 3.48. The molecule has 23 heavy (non-hydrogen) atoms. The molecule has 4 atom stereocenters. The Morgan fingerprint density at radius 2 is 2.30 bits per heavy atom. The van der Waals surface area contributed by atoms with E-state index in [-0.39, 0.29) is 6.61 Å². The second kappa shape index (κ2) is 5.08. The first-order valence-electron chi connectivity index (χ1n) is 7.22. The SMILES string of the molecule is COC1C2ON(C)C[C@]1(CO)OC2n1cnc2c(N)ncnc21. The number of hydrogen-bond acceptors (Lipinski definition) is 9. The predicted molar refractivity (Wildman–Crippen MR) is 78.0 cm³/mol. The van der Waals surface area contributed by atoms with Crippen LogP contribution < -0.4 is 5.73 Å². The average Bonchev–Trinajstić information content (AvgIpc) is 3.04. The van der Waals surface area contributed by atoms with Crippen LogP contribution in [0, 0.1) is 0 Å². The molecular formula is C13H18N6O4. The summed E-state index contributed by atoms with van der Waals surface area (Å²) in [6.45, 7) is 0.203. The Morgan fingerprint density at radius 1 is 1.48 bits per heavy atom.